The summed E-state index contributed by atoms with van der Waals surface area (Å²) < 4.78 is 5.41. The molecule has 2 amide bonds. The van der Waals surface area contributed by atoms with Gasteiger partial charge < -0.3 is 15.4 Å². The van der Waals surface area contributed by atoms with Gasteiger partial charge in [-0.3, -0.25) is 14.9 Å². The smallest absolute Gasteiger partial charge is 0.257 e. The van der Waals surface area contributed by atoms with Gasteiger partial charge in [-0.25, -0.2) is 0 Å². The molecule has 0 saturated heterocycles. The maximum absolute atomic E-state index is 12.4. The standard InChI is InChI=1S/C23H21N3O3S/c1-2-29-20-10-6-9-17(15-20)22(28)26-23(30)25-19-13-11-18(12-14-19)24-21(27)16-7-4-3-5-8-16/h3-15H,2H2,1H3,(H,24,27)(H2,25,26,28,30). The van der Waals surface area contributed by atoms with Gasteiger partial charge in [0.05, 0.1) is 6.61 Å². The number of benzene rings is 3. The van der Waals surface area contributed by atoms with E-state index in [1.165, 1.54) is 0 Å². The Bertz CT molecular complexity index is 1040. The Hall–Kier alpha value is -3.71. The molecular formula is C23H21N3O3S. The minimum absolute atomic E-state index is 0.169. The zero-order valence-corrected chi connectivity index (χ0v) is 17.2. The highest BCUT2D eigenvalue weighted by atomic mass is 32.1. The third-order valence-electron chi connectivity index (χ3n) is 4.07. The highest BCUT2D eigenvalue weighted by Crippen LogP contribution is 2.16. The highest BCUT2D eigenvalue weighted by molar-refractivity contribution is 7.80. The summed E-state index contributed by atoms with van der Waals surface area (Å²) in [7, 11) is 0. The van der Waals surface area contributed by atoms with Crippen molar-refractivity contribution in [2.24, 2.45) is 0 Å². The second kappa shape index (κ2) is 10.2. The molecule has 0 unspecified atom stereocenters. The fourth-order valence-corrected chi connectivity index (χ4v) is 2.87. The molecule has 0 aromatic heterocycles. The van der Waals surface area contributed by atoms with Crippen molar-refractivity contribution < 1.29 is 14.3 Å². The molecular weight excluding hydrogens is 398 g/mol. The maximum atomic E-state index is 12.4. The van der Waals surface area contributed by atoms with Crippen LogP contribution in [0.1, 0.15) is 27.6 Å². The summed E-state index contributed by atoms with van der Waals surface area (Å²) in [5.41, 5.74) is 2.36. The quantitative estimate of drug-likeness (QED) is 0.514. The van der Waals surface area contributed by atoms with E-state index in [1.807, 2.05) is 25.1 Å². The molecule has 0 heterocycles. The summed E-state index contributed by atoms with van der Waals surface area (Å²) in [5.74, 6) is 0.103. The van der Waals surface area contributed by atoms with Crippen LogP contribution in [0.25, 0.3) is 0 Å². The van der Waals surface area contributed by atoms with E-state index in [0.717, 1.165) is 0 Å². The second-order valence-corrected chi connectivity index (χ2v) is 6.67. The monoisotopic (exact) mass is 419 g/mol. The number of rotatable bonds is 6. The first-order valence-electron chi connectivity index (χ1n) is 9.37. The molecule has 0 aliphatic heterocycles. The van der Waals surface area contributed by atoms with E-state index < -0.39 is 0 Å². The number of hydrogen-bond donors (Lipinski definition) is 3. The molecule has 0 spiro atoms. The van der Waals surface area contributed by atoms with Gasteiger partial charge in [0.15, 0.2) is 5.11 Å². The van der Waals surface area contributed by atoms with Crippen LogP contribution in [0.3, 0.4) is 0 Å². The minimum atomic E-state index is -0.333. The van der Waals surface area contributed by atoms with E-state index in [2.05, 4.69) is 16.0 Å². The van der Waals surface area contributed by atoms with Gasteiger partial charge in [0.2, 0.25) is 0 Å². The molecule has 0 aliphatic rings. The van der Waals surface area contributed by atoms with E-state index in [4.69, 9.17) is 17.0 Å². The molecule has 3 rings (SSSR count). The lowest BCUT2D eigenvalue weighted by molar-refractivity contribution is 0.0976. The van der Waals surface area contributed by atoms with Crippen LogP contribution in [0.5, 0.6) is 5.75 Å². The van der Waals surface area contributed by atoms with Crippen molar-refractivity contribution in [3.63, 3.8) is 0 Å². The van der Waals surface area contributed by atoms with Gasteiger partial charge in [-0.1, -0.05) is 24.3 Å². The Morgan fingerprint density at radius 1 is 0.800 bits per heavy atom. The van der Waals surface area contributed by atoms with E-state index in [0.29, 0.717) is 34.9 Å². The predicted molar refractivity (Wildman–Crippen MR) is 122 cm³/mol. The van der Waals surface area contributed by atoms with E-state index in [9.17, 15) is 9.59 Å². The largest absolute Gasteiger partial charge is 0.494 e. The van der Waals surface area contributed by atoms with E-state index in [-0.39, 0.29) is 16.9 Å². The Morgan fingerprint density at radius 3 is 2.10 bits per heavy atom. The number of carbonyl (C=O) groups is 2. The Balaban J connectivity index is 1.55. The molecule has 0 fully saturated rings. The second-order valence-electron chi connectivity index (χ2n) is 6.27. The van der Waals surface area contributed by atoms with Gasteiger partial charge in [0, 0.05) is 22.5 Å². The molecule has 0 radical (unpaired) electrons. The first-order chi connectivity index (χ1) is 14.5. The Labute approximate surface area is 180 Å². The molecule has 3 aromatic carbocycles. The van der Waals surface area contributed by atoms with Crippen LogP contribution < -0.4 is 20.7 Å². The highest BCUT2D eigenvalue weighted by Gasteiger charge is 2.10. The lowest BCUT2D eigenvalue weighted by Crippen LogP contribution is -2.34. The molecule has 0 aliphatic carbocycles. The summed E-state index contributed by atoms with van der Waals surface area (Å²) in [6.45, 7) is 2.40. The van der Waals surface area contributed by atoms with Crippen molar-refractivity contribution in [3.8, 4) is 5.75 Å². The normalized spacial score (nSPS) is 10.0. The van der Waals surface area contributed by atoms with Crippen LogP contribution in [0.15, 0.2) is 78.9 Å². The summed E-state index contributed by atoms with van der Waals surface area (Å²) in [4.78, 5) is 24.6. The number of nitrogens with one attached hydrogen (secondary N) is 3. The third-order valence-corrected chi connectivity index (χ3v) is 4.28. The molecule has 0 saturated carbocycles. The van der Waals surface area contributed by atoms with Crippen molar-refractivity contribution in [1.29, 1.82) is 0 Å². The predicted octanol–water partition coefficient (Wildman–Crippen LogP) is 4.46. The lowest BCUT2D eigenvalue weighted by atomic mass is 10.2. The average molecular weight is 420 g/mol. The number of hydrogen-bond acceptors (Lipinski definition) is 4. The van der Waals surface area contributed by atoms with Crippen molar-refractivity contribution in [1.82, 2.24) is 5.32 Å². The molecule has 7 heteroatoms. The van der Waals surface area contributed by atoms with Gasteiger partial charge in [-0.05, 0) is 73.7 Å². The SMILES string of the molecule is CCOc1cccc(C(=O)NC(=S)Nc2ccc(NC(=O)c3ccccc3)cc2)c1. The van der Waals surface area contributed by atoms with Crippen LogP contribution in [0, 0.1) is 0 Å². The fourth-order valence-electron chi connectivity index (χ4n) is 2.66. The third kappa shape index (κ3) is 5.89. The van der Waals surface area contributed by atoms with Gasteiger partial charge in [-0.2, -0.15) is 0 Å². The van der Waals surface area contributed by atoms with Crippen LogP contribution in [0.4, 0.5) is 11.4 Å². The molecule has 3 N–H and O–H groups in total. The molecule has 152 valence electrons. The zero-order valence-electron chi connectivity index (χ0n) is 16.3. The topological polar surface area (TPSA) is 79.5 Å². The average Bonchev–Trinajstić information content (AvgIpc) is 2.76. The van der Waals surface area contributed by atoms with Crippen molar-refractivity contribution >= 4 is 40.5 Å². The lowest BCUT2D eigenvalue weighted by Gasteiger charge is -2.11. The Kier molecular flexibility index (Phi) is 7.13. The van der Waals surface area contributed by atoms with E-state index in [1.54, 1.807) is 60.7 Å². The molecule has 6 nitrogen and oxygen atoms in total. The first kappa shape index (κ1) is 21.0. The van der Waals surface area contributed by atoms with Crippen LogP contribution >= 0.6 is 12.2 Å². The van der Waals surface area contributed by atoms with E-state index >= 15 is 0 Å². The fraction of sp³-hybridized carbons (Fsp3) is 0.0870. The van der Waals surface area contributed by atoms with Gasteiger partial charge in [0.1, 0.15) is 5.75 Å². The van der Waals surface area contributed by atoms with Crippen molar-refractivity contribution in [2.75, 3.05) is 17.2 Å². The Morgan fingerprint density at radius 2 is 1.43 bits per heavy atom. The number of carbonyl (C=O) groups excluding carboxylic acids is 2. The summed E-state index contributed by atoms with van der Waals surface area (Å²) in [6.07, 6.45) is 0. The van der Waals surface area contributed by atoms with Gasteiger partial charge >= 0.3 is 0 Å². The van der Waals surface area contributed by atoms with Gasteiger partial charge in [-0.15, -0.1) is 0 Å². The van der Waals surface area contributed by atoms with Crippen LogP contribution in [-0.4, -0.2) is 23.5 Å². The first-order valence-corrected chi connectivity index (χ1v) is 9.77. The summed E-state index contributed by atoms with van der Waals surface area (Å²) >= 11 is 5.22. The summed E-state index contributed by atoms with van der Waals surface area (Å²) in [6, 6.07) is 22.9. The van der Waals surface area contributed by atoms with Gasteiger partial charge in [0.25, 0.3) is 11.8 Å². The zero-order chi connectivity index (χ0) is 21.3. The van der Waals surface area contributed by atoms with Crippen molar-refractivity contribution in [2.45, 2.75) is 6.92 Å². The number of amides is 2. The maximum Gasteiger partial charge on any atom is 0.257 e. The number of ether oxygens (including phenoxy) is 1. The minimum Gasteiger partial charge on any atom is -0.494 e. The molecule has 0 bridgehead atoms. The summed E-state index contributed by atoms with van der Waals surface area (Å²) in [5, 5.41) is 8.58. The molecule has 0 atom stereocenters. The van der Waals surface area contributed by atoms with Crippen LogP contribution in [-0.2, 0) is 0 Å². The van der Waals surface area contributed by atoms with Crippen molar-refractivity contribution in [3.05, 3.63) is 90.0 Å². The molecule has 30 heavy (non-hydrogen) atoms. The molecule has 3 aromatic rings. The van der Waals surface area contributed by atoms with Crippen LogP contribution in [0.2, 0.25) is 0 Å². The number of anilines is 2. The number of thiocarbonyl (C=S) groups is 1.